The second-order valence-electron chi connectivity index (χ2n) is 5.14. The van der Waals surface area contributed by atoms with Crippen LogP contribution < -0.4 is 14.2 Å². The van der Waals surface area contributed by atoms with Gasteiger partial charge in [-0.1, -0.05) is 42.0 Å². The minimum absolute atomic E-state index is 0.0384. The third-order valence-electron chi connectivity index (χ3n) is 3.19. The van der Waals surface area contributed by atoms with E-state index in [0.717, 1.165) is 11.1 Å². The molecule has 0 heterocycles. The molecular formula is C17H21NO4S. The van der Waals surface area contributed by atoms with Gasteiger partial charge in [-0.25, -0.2) is 13.1 Å². The van der Waals surface area contributed by atoms with Crippen molar-refractivity contribution in [3.8, 4) is 11.5 Å². The number of rotatable bonds is 8. The molecular weight excluding hydrogens is 314 g/mol. The van der Waals surface area contributed by atoms with E-state index < -0.39 is 10.0 Å². The Kier molecular flexibility index (Phi) is 6.01. The molecule has 6 heteroatoms. The topological polar surface area (TPSA) is 64.6 Å². The highest BCUT2D eigenvalue weighted by molar-refractivity contribution is 7.88. The van der Waals surface area contributed by atoms with Crippen LogP contribution in [0.5, 0.6) is 11.5 Å². The maximum atomic E-state index is 12.1. The number of hydrogen-bond donors (Lipinski definition) is 1. The Morgan fingerprint density at radius 3 is 2.48 bits per heavy atom. The summed E-state index contributed by atoms with van der Waals surface area (Å²) in [5.41, 5.74) is 1.81. The van der Waals surface area contributed by atoms with E-state index in [9.17, 15) is 8.42 Å². The third kappa shape index (κ3) is 5.58. The maximum absolute atomic E-state index is 12.1. The van der Waals surface area contributed by atoms with Crippen molar-refractivity contribution in [3.05, 3.63) is 59.7 Å². The molecule has 0 aliphatic heterocycles. The Bertz CT molecular complexity index is 744. The van der Waals surface area contributed by atoms with E-state index in [1.54, 1.807) is 25.3 Å². The monoisotopic (exact) mass is 335 g/mol. The lowest BCUT2D eigenvalue weighted by molar-refractivity contribution is 0.298. The third-order valence-corrected chi connectivity index (χ3v) is 4.55. The molecule has 0 aliphatic rings. The SMILES string of the molecule is COc1ccccc1OCCNS(=O)(=O)Cc1cccc(C)c1. The van der Waals surface area contributed by atoms with Crippen LogP contribution in [-0.4, -0.2) is 28.7 Å². The highest BCUT2D eigenvalue weighted by Crippen LogP contribution is 2.25. The Hall–Kier alpha value is -2.05. The van der Waals surface area contributed by atoms with E-state index in [4.69, 9.17) is 9.47 Å². The summed E-state index contributed by atoms with van der Waals surface area (Å²) in [6, 6.07) is 14.7. The van der Waals surface area contributed by atoms with E-state index in [1.807, 2.05) is 37.3 Å². The fourth-order valence-electron chi connectivity index (χ4n) is 2.17. The fourth-order valence-corrected chi connectivity index (χ4v) is 3.28. The van der Waals surface area contributed by atoms with Gasteiger partial charge in [0.05, 0.1) is 12.9 Å². The highest BCUT2D eigenvalue weighted by atomic mass is 32.2. The number of aryl methyl sites for hydroxylation is 1. The van der Waals surface area contributed by atoms with Crippen LogP contribution in [-0.2, 0) is 15.8 Å². The normalized spacial score (nSPS) is 11.2. The van der Waals surface area contributed by atoms with Gasteiger partial charge in [-0.3, -0.25) is 0 Å². The Labute approximate surface area is 137 Å². The molecule has 0 amide bonds. The minimum Gasteiger partial charge on any atom is -0.493 e. The first-order valence-corrected chi connectivity index (χ1v) is 8.94. The van der Waals surface area contributed by atoms with Gasteiger partial charge in [-0.15, -0.1) is 0 Å². The minimum atomic E-state index is -3.38. The number of para-hydroxylation sites is 2. The molecule has 0 saturated carbocycles. The summed E-state index contributed by atoms with van der Waals surface area (Å²) in [5, 5.41) is 0. The van der Waals surface area contributed by atoms with Crippen LogP contribution in [0.1, 0.15) is 11.1 Å². The molecule has 5 nitrogen and oxygen atoms in total. The van der Waals surface area contributed by atoms with Gasteiger partial charge in [0.25, 0.3) is 0 Å². The van der Waals surface area contributed by atoms with Gasteiger partial charge in [0.1, 0.15) is 6.61 Å². The van der Waals surface area contributed by atoms with Crippen LogP contribution in [0.3, 0.4) is 0 Å². The van der Waals surface area contributed by atoms with E-state index in [0.29, 0.717) is 11.5 Å². The smallest absolute Gasteiger partial charge is 0.215 e. The molecule has 0 spiro atoms. The Morgan fingerprint density at radius 1 is 1.04 bits per heavy atom. The molecule has 0 aliphatic carbocycles. The number of hydrogen-bond acceptors (Lipinski definition) is 4. The predicted molar refractivity (Wildman–Crippen MR) is 90.3 cm³/mol. The number of benzene rings is 2. The summed E-state index contributed by atoms with van der Waals surface area (Å²) >= 11 is 0. The molecule has 0 atom stereocenters. The number of nitrogens with one attached hydrogen (secondary N) is 1. The van der Waals surface area contributed by atoms with Gasteiger partial charge < -0.3 is 9.47 Å². The van der Waals surface area contributed by atoms with Crippen molar-refractivity contribution < 1.29 is 17.9 Å². The average Bonchev–Trinajstić information content (AvgIpc) is 2.51. The molecule has 0 unspecified atom stereocenters. The standard InChI is InChI=1S/C17H21NO4S/c1-14-6-5-7-15(12-14)13-23(19,20)18-10-11-22-17-9-4-3-8-16(17)21-2/h3-9,12,18H,10-11,13H2,1-2H3. The Balaban J connectivity index is 1.83. The summed E-state index contributed by atoms with van der Waals surface area (Å²) in [6.07, 6.45) is 0. The lowest BCUT2D eigenvalue weighted by Gasteiger charge is -2.11. The summed E-state index contributed by atoms with van der Waals surface area (Å²) in [4.78, 5) is 0. The molecule has 0 radical (unpaired) electrons. The lowest BCUT2D eigenvalue weighted by atomic mass is 10.2. The molecule has 23 heavy (non-hydrogen) atoms. The molecule has 0 fully saturated rings. The molecule has 0 aromatic heterocycles. The largest absolute Gasteiger partial charge is 0.493 e. The number of sulfonamides is 1. The van der Waals surface area contributed by atoms with Crippen LogP contribution in [0.4, 0.5) is 0 Å². The van der Waals surface area contributed by atoms with E-state index >= 15 is 0 Å². The van der Waals surface area contributed by atoms with Crippen molar-refractivity contribution in [2.24, 2.45) is 0 Å². The molecule has 0 bridgehead atoms. The predicted octanol–water partition coefficient (Wildman–Crippen LogP) is 2.50. The highest BCUT2D eigenvalue weighted by Gasteiger charge is 2.11. The van der Waals surface area contributed by atoms with Crippen LogP contribution in [0.25, 0.3) is 0 Å². The van der Waals surface area contributed by atoms with Gasteiger partial charge in [0.2, 0.25) is 10.0 Å². The van der Waals surface area contributed by atoms with Crippen LogP contribution in [0.15, 0.2) is 48.5 Å². The molecule has 124 valence electrons. The molecule has 2 aromatic carbocycles. The molecule has 2 aromatic rings. The molecule has 2 rings (SSSR count). The lowest BCUT2D eigenvalue weighted by Crippen LogP contribution is -2.29. The van der Waals surface area contributed by atoms with Crippen molar-refractivity contribution in [1.82, 2.24) is 4.72 Å². The van der Waals surface area contributed by atoms with Gasteiger partial charge >= 0.3 is 0 Å². The second-order valence-corrected chi connectivity index (χ2v) is 6.95. The molecule has 1 N–H and O–H groups in total. The van der Waals surface area contributed by atoms with Crippen molar-refractivity contribution in [2.75, 3.05) is 20.3 Å². The van der Waals surface area contributed by atoms with Gasteiger partial charge in [-0.05, 0) is 24.6 Å². The zero-order valence-electron chi connectivity index (χ0n) is 13.3. The average molecular weight is 335 g/mol. The van der Waals surface area contributed by atoms with Gasteiger partial charge in [0.15, 0.2) is 11.5 Å². The number of ether oxygens (including phenoxy) is 2. The first kappa shape index (κ1) is 17.3. The van der Waals surface area contributed by atoms with E-state index in [2.05, 4.69) is 4.72 Å². The second kappa shape index (κ2) is 7.99. The van der Waals surface area contributed by atoms with Crippen molar-refractivity contribution >= 4 is 10.0 Å². The van der Waals surface area contributed by atoms with E-state index in [1.165, 1.54) is 0 Å². The quantitative estimate of drug-likeness (QED) is 0.753. The van der Waals surface area contributed by atoms with Crippen molar-refractivity contribution in [3.63, 3.8) is 0 Å². The van der Waals surface area contributed by atoms with Crippen LogP contribution in [0, 0.1) is 6.92 Å². The molecule has 0 saturated heterocycles. The van der Waals surface area contributed by atoms with Crippen LogP contribution >= 0.6 is 0 Å². The fraction of sp³-hybridized carbons (Fsp3) is 0.294. The first-order valence-electron chi connectivity index (χ1n) is 7.29. The summed E-state index contributed by atoms with van der Waals surface area (Å²) < 4.78 is 37.4. The summed E-state index contributed by atoms with van der Waals surface area (Å²) in [7, 11) is -1.82. The maximum Gasteiger partial charge on any atom is 0.215 e. The van der Waals surface area contributed by atoms with Gasteiger partial charge in [-0.2, -0.15) is 0 Å². The van der Waals surface area contributed by atoms with Gasteiger partial charge in [0, 0.05) is 6.54 Å². The zero-order valence-corrected chi connectivity index (χ0v) is 14.1. The summed E-state index contributed by atoms with van der Waals surface area (Å²) in [6.45, 7) is 2.37. The van der Waals surface area contributed by atoms with Crippen molar-refractivity contribution in [1.29, 1.82) is 0 Å². The van der Waals surface area contributed by atoms with Crippen LogP contribution in [0.2, 0.25) is 0 Å². The first-order chi connectivity index (χ1) is 11.0. The van der Waals surface area contributed by atoms with Crippen molar-refractivity contribution in [2.45, 2.75) is 12.7 Å². The number of methoxy groups -OCH3 is 1. The van der Waals surface area contributed by atoms with E-state index in [-0.39, 0.29) is 18.9 Å². The Morgan fingerprint density at radius 2 is 1.78 bits per heavy atom. The zero-order chi connectivity index (χ0) is 16.7. The summed E-state index contributed by atoms with van der Waals surface area (Å²) in [5.74, 6) is 1.17.